The van der Waals surface area contributed by atoms with Crippen molar-refractivity contribution in [2.24, 2.45) is 28.9 Å². The molecule has 2 amide bonds. The highest BCUT2D eigenvalue weighted by atomic mass is 19.4. The summed E-state index contributed by atoms with van der Waals surface area (Å²) >= 11 is 0. The summed E-state index contributed by atoms with van der Waals surface area (Å²) in [6.45, 7) is 3.33. The highest BCUT2D eigenvalue weighted by molar-refractivity contribution is 5.87. The van der Waals surface area contributed by atoms with E-state index < -0.39 is 22.6 Å². The second-order valence-electron chi connectivity index (χ2n) is 9.67. The largest absolute Gasteiger partial charge is 0.417 e. The van der Waals surface area contributed by atoms with E-state index in [1.807, 2.05) is 0 Å². The molecule has 1 aromatic heterocycles. The molecule has 4 saturated carbocycles. The molecule has 4 bridgehead atoms. The van der Waals surface area contributed by atoms with Gasteiger partial charge in [0.2, 0.25) is 11.8 Å². The first-order chi connectivity index (χ1) is 13.4. The van der Waals surface area contributed by atoms with E-state index in [1.165, 1.54) is 6.07 Å². The SMILES string of the molecule is CC(C)(C(=O)NC1C2CC3CC1CC(C(N)=O)(C3)C2)c1ccc(C(F)(F)F)cn1. The summed E-state index contributed by atoms with van der Waals surface area (Å²) in [5, 5.41) is 3.15. The van der Waals surface area contributed by atoms with Crippen LogP contribution in [0.15, 0.2) is 18.3 Å². The molecule has 4 aliphatic carbocycles. The standard InChI is InChI=1S/C21H26F3N3O2/c1-19(2,15-4-3-14(10-26-15)21(22,23)24)18(29)27-16-12-5-11-6-13(16)9-20(7-11,8-12)17(25)28/h3-4,10-13,16H,5-9H2,1-2H3,(H2,25,28)(H,27,29). The van der Waals surface area contributed by atoms with E-state index in [4.69, 9.17) is 5.73 Å². The van der Waals surface area contributed by atoms with Crippen LogP contribution in [0.3, 0.4) is 0 Å². The van der Waals surface area contributed by atoms with Gasteiger partial charge in [-0.3, -0.25) is 14.6 Å². The number of hydrogen-bond donors (Lipinski definition) is 2. The second-order valence-corrected chi connectivity index (χ2v) is 9.67. The zero-order valence-electron chi connectivity index (χ0n) is 16.6. The first-order valence-corrected chi connectivity index (χ1v) is 10.1. The lowest BCUT2D eigenvalue weighted by molar-refractivity contribution is -0.148. The van der Waals surface area contributed by atoms with Crippen LogP contribution in [0.1, 0.15) is 57.2 Å². The predicted molar refractivity (Wildman–Crippen MR) is 99.4 cm³/mol. The van der Waals surface area contributed by atoms with Gasteiger partial charge < -0.3 is 11.1 Å². The lowest BCUT2D eigenvalue weighted by Gasteiger charge is -2.59. The molecule has 1 heterocycles. The Morgan fingerprint density at radius 2 is 1.76 bits per heavy atom. The van der Waals surface area contributed by atoms with Gasteiger partial charge in [-0.25, -0.2) is 0 Å². The highest BCUT2D eigenvalue weighted by Crippen LogP contribution is 2.60. The second kappa shape index (κ2) is 6.44. The number of hydrogen-bond acceptors (Lipinski definition) is 3. The van der Waals surface area contributed by atoms with Crippen LogP contribution < -0.4 is 11.1 Å². The van der Waals surface area contributed by atoms with E-state index in [0.29, 0.717) is 24.5 Å². The molecule has 0 spiro atoms. The lowest BCUT2D eigenvalue weighted by atomic mass is 9.47. The van der Waals surface area contributed by atoms with E-state index in [-0.39, 0.29) is 29.7 Å². The number of carbonyl (C=O) groups is 2. The summed E-state index contributed by atoms with van der Waals surface area (Å²) < 4.78 is 38.4. The summed E-state index contributed by atoms with van der Waals surface area (Å²) in [4.78, 5) is 29.1. The first kappa shape index (κ1) is 20.2. The van der Waals surface area contributed by atoms with Crippen molar-refractivity contribution in [3.63, 3.8) is 0 Å². The molecular formula is C21H26F3N3O2. The maximum absolute atomic E-state index is 13.1. The number of nitrogens with two attached hydrogens (primary N) is 1. The number of aromatic nitrogens is 1. The molecule has 3 N–H and O–H groups in total. The number of carbonyl (C=O) groups excluding carboxylic acids is 2. The molecule has 29 heavy (non-hydrogen) atoms. The molecule has 0 saturated heterocycles. The molecule has 5 nitrogen and oxygen atoms in total. The smallest absolute Gasteiger partial charge is 0.369 e. The van der Waals surface area contributed by atoms with Gasteiger partial charge in [0.25, 0.3) is 0 Å². The third-order valence-electron chi connectivity index (χ3n) is 7.39. The Morgan fingerprint density at radius 1 is 1.14 bits per heavy atom. The summed E-state index contributed by atoms with van der Waals surface area (Å²) in [5.74, 6) is 0.437. The summed E-state index contributed by atoms with van der Waals surface area (Å²) in [5.41, 5.74) is 3.67. The molecule has 0 aliphatic heterocycles. The van der Waals surface area contributed by atoms with Crippen molar-refractivity contribution in [3.05, 3.63) is 29.6 Å². The number of nitrogens with one attached hydrogen (secondary N) is 1. The molecule has 5 rings (SSSR count). The molecule has 4 aliphatic rings. The number of rotatable bonds is 4. The molecule has 2 atom stereocenters. The number of halogens is 3. The fourth-order valence-corrected chi connectivity index (χ4v) is 5.94. The third kappa shape index (κ3) is 3.30. The topological polar surface area (TPSA) is 85.1 Å². The zero-order chi connectivity index (χ0) is 21.2. The Hall–Kier alpha value is -2.12. The minimum absolute atomic E-state index is 0.0275. The average molecular weight is 409 g/mol. The number of pyridine rings is 1. The summed E-state index contributed by atoms with van der Waals surface area (Å²) in [6.07, 6.45) is 0.541. The van der Waals surface area contributed by atoms with Gasteiger partial charge >= 0.3 is 6.18 Å². The van der Waals surface area contributed by atoms with Crippen LogP contribution in [0.4, 0.5) is 13.2 Å². The van der Waals surface area contributed by atoms with Crippen molar-refractivity contribution in [1.82, 2.24) is 10.3 Å². The lowest BCUT2D eigenvalue weighted by Crippen LogP contribution is -2.63. The number of primary amides is 1. The van der Waals surface area contributed by atoms with Crippen LogP contribution in [-0.4, -0.2) is 22.8 Å². The monoisotopic (exact) mass is 409 g/mol. The zero-order valence-corrected chi connectivity index (χ0v) is 16.6. The van der Waals surface area contributed by atoms with Gasteiger partial charge in [0.05, 0.1) is 16.7 Å². The third-order valence-corrected chi connectivity index (χ3v) is 7.39. The summed E-state index contributed by atoms with van der Waals surface area (Å²) in [6, 6.07) is 2.19. The first-order valence-electron chi connectivity index (χ1n) is 10.1. The van der Waals surface area contributed by atoms with Crippen molar-refractivity contribution in [2.45, 2.75) is 63.6 Å². The van der Waals surface area contributed by atoms with Gasteiger partial charge in [0, 0.05) is 17.7 Å². The van der Waals surface area contributed by atoms with Crippen molar-refractivity contribution in [1.29, 1.82) is 0 Å². The average Bonchev–Trinajstić information content (AvgIpc) is 2.63. The van der Waals surface area contributed by atoms with Crippen LogP contribution in [-0.2, 0) is 21.2 Å². The minimum Gasteiger partial charge on any atom is -0.369 e. The Balaban J connectivity index is 1.50. The van der Waals surface area contributed by atoms with Gasteiger partial charge in [-0.15, -0.1) is 0 Å². The van der Waals surface area contributed by atoms with Gasteiger partial charge in [-0.05, 0) is 75.8 Å². The molecule has 4 fully saturated rings. The molecule has 0 aromatic carbocycles. The van der Waals surface area contributed by atoms with Crippen molar-refractivity contribution in [3.8, 4) is 0 Å². The fraction of sp³-hybridized carbons (Fsp3) is 0.667. The molecule has 0 radical (unpaired) electrons. The van der Waals surface area contributed by atoms with Gasteiger partial charge in [-0.2, -0.15) is 13.2 Å². The maximum atomic E-state index is 13.1. The fourth-order valence-electron chi connectivity index (χ4n) is 5.94. The molecular weight excluding hydrogens is 383 g/mol. The van der Waals surface area contributed by atoms with Gasteiger partial charge in [0.15, 0.2) is 0 Å². The van der Waals surface area contributed by atoms with Gasteiger partial charge in [-0.1, -0.05) is 0 Å². The normalized spacial score (nSPS) is 33.6. The quantitative estimate of drug-likeness (QED) is 0.801. The van der Waals surface area contributed by atoms with Crippen LogP contribution in [0.2, 0.25) is 0 Å². The Labute approximate surface area is 167 Å². The van der Waals surface area contributed by atoms with Gasteiger partial charge in [0.1, 0.15) is 0 Å². The molecule has 8 heteroatoms. The summed E-state index contributed by atoms with van der Waals surface area (Å²) in [7, 11) is 0. The van der Waals surface area contributed by atoms with Crippen LogP contribution in [0, 0.1) is 23.2 Å². The van der Waals surface area contributed by atoms with E-state index in [1.54, 1.807) is 13.8 Å². The van der Waals surface area contributed by atoms with Crippen molar-refractivity contribution in [2.75, 3.05) is 0 Å². The number of alkyl halides is 3. The Kier molecular flexibility index (Phi) is 4.48. The van der Waals surface area contributed by atoms with Crippen molar-refractivity contribution < 1.29 is 22.8 Å². The maximum Gasteiger partial charge on any atom is 0.417 e. The van der Waals surface area contributed by atoms with E-state index in [0.717, 1.165) is 31.5 Å². The van der Waals surface area contributed by atoms with Crippen LogP contribution >= 0.6 is 0 Å². The Bertz CT molecular complexity index is 819. The van der Waals surface area contributed by atoms with E-state index >= 15 is 0 Å². The van der Waals surface area contributed by atoms with Crippen LogP contribution in [0.25, 0.3) is 0 Å². The van der Waals surface area contributed by atoms with E-state index in [9.17, 15) is 22.8 Å². The van der Waals surface area contributed by atoms with Crippen molar-refractivity contribution >= 4 is 11.8 Å². The number of amides is 2. The minimum atomic E-state index is -4.46. The van der Waals surface area contributed by atoms with E-state index in [2.05, 4.69) is 10.3 Å². The molecule has 158 valence electrons. The number of nitrogens with zero attached hydrogens (tertiary/aromatic N) is 1. The Morgan fingerprint density at radius 3 is 2.24 bits per heavy atom. The van der Waals surface area contributed by atoms with Crippen LogP contribution in [0.5, 0.6) is 0 Å². The highest BCUT2D eigenvalue weighted by Gasteiger charge is 2.58. The predicted octanol–water partition coefficient (Wildman–Crippen LogP) is 3.17. The molecule has 2 unspecified atom stereocenters. The molecule has 1 aromatic rings.